The fraction of sp³-hybridized carbons (Fsp3) is 0.0526. The maximum atomic E-state index is 13.2. The van der Waals surface area contributed by atoms with Gasteiger partial charge in [0.1, 0.15) is 0 Å². The zero-order valence-electron chi connectivity index (χ0n) is 14.8. The minimum Gasteiger partial charge on any atom is -0.619 e. The summed E-state index contributed by atoms with van der Waals surface area (Å²) in [5.74, 6) is 0. The Balaban J connectivity index is 2.00. The van der Waals surface area contributed by atoms with Crippen molar-refractivity contribution in [2.24, 2.45) is 0 Å². The molecule has 4 aromatic rings. The van der Waals surface area contributed by atoms with Gasteiger partial charge in [0, 0.05) is 30.5 Å². The summed E-state index contributed by atoms with van der Waals surface area (Å²) in [5, 5.41) is 22.6. The van der Waals surface area contributed by atoms with Gasteiger partial charge in [0.15, 0.2) is 18.0 Å². The largest absolute Gasteiger partial charge is 0.619 e. The molecule has 0 spiro atoms. The summed E-state index contributed by atoms with van der Waals surface area (Å²) in [7, 11) is 0. The fourth-order valence-electron chi connectivity index (χ4n) is 3.04. The van der Waals surface area contributed by atoms with Gasteiger partial charge < -0.3 is 5.21 Å². The van der Waals surface area contributed by atoms with Crippen LogP contribution in [0.5, 0.6) is 0 Å². The van der Waals surface area contributed by atoms with Gasteiger partial charge in [-0.2, -0.15) is 4.73 Å². The van der Waals surface area contributed by atoms with Crippen LogP contribution in [0, 0.1) is 15.3 Å². The third-order valence-corrected chi connectivity index (χ3v) is 4.41. The van der Waals surface area contributed by atoms with Gasteiger partial charge in [-0.1, -0.05) is 6.07 Å². The van der Waals surface area contributed by atoms with Crippen LogP contribution in [0.3, 0.4) is 0 Å². The van der Waals surface area contributed by atoms with Crippen molar-refractivity contribution in [1.29, 1.82) is 0 Å². The van der Waals surface area contributed by atoms with Crippen LogP contribution < -0.4 is 16.0 Å². The summed E-state index contributed by atoms with van der Waals surface area (Å²) in [6.45, 7) is -0.0712. The maximum absolute atomic E-state index is 13.2. The van der Waals surface area contributed by atoms with E-state index in [1.165, 1.54) is 65.6 Å². The summed E-state index contributed by atoms with van der Waals surface area (Å²) >= 11 is 0. The number of rotatable bonds is 4. The minimum absolute atomic E-state index is 0.0712. The number of nitrogens with zero attached hydrogens (tertiary/aromatic N) is 5. The molecule has 0 aliphatic rings. The van der Waals surface area contributed by atoms with Crippen LogP contribution in [0.1, 0.15) is 5.56 Å². The van der Waals surface area contributed by atoms with E-state index in [2.05, 4.69) is 4.98 Å². The molecule has 0 unspecified atom stereocenters. The highest BCUT2D eigenvalue weighted by Crippen LogP contribution is 2.18. The molecule has 0 aliphatic carbocycles. The van der Waals surface area contributed by atoms with Crippen molar-refractivity contribution in [3.05, 3.63) is 109 Å². The lowest BCUT2D eigenvalue weighted by molar-refractivity contribution is -0.605. The molecule has 0 saturated heterocycles. The van der Waals surface area contributed by atoms with E-state index in [4.69, 9.17) is 0 Å². The SMILES string of the molecule is O=c1c2cccnc2n(-c2cccc([N+](=O)[O-])c2)c(=O)n1Cc1cc[n+]([O-])cc1. The van der Waals surface area contributed by atoms with Gasteiger partial charge in [-0.05, 0) is 23.8 Å². The quantitative estimate of drug-likeness (QED) is 0.222. The number of pyridine rings is 2. The van der Waals surface area contributed by atoms with Crippen molar-refractivity contribution < 1.29 is 9.65 Å². The van der Waals surface area contributed by atoms with E-state index in [1.807, 2.05) is 0 Å². The predicted molar refractivity (Wildman–Crippen MR) is 103 cm³/mol. The van der Waals surface area contributed by atoms with Crippen molar-refractivity contribution in [2.45, 2.75) is 6.54 Å². The van der Waals surface area contributed by atoms with E-state index in [0.717, 1.165) is 4.57 Å². The monoisotopic (exact) mass is 391 g/mol. The van der Waals surface area contributed by atoms with Crippen LogP contribution in [0.2, 0.25) is 0 Å². The topological polar surface area (TPSA) is 127 Å². The van der Waals surface area contributed by atoms with Gasteiger partial charge in [-0.15, -0.1) is 0 Å². The molecule has 144 valence electrons. The number of non-ortho nitro benzene ring substituents is 1. The Morgan fingerprint density at radius 3 is 2.55 bits per heavy atom. The summed E-state index contributed by atoms with van der Waals surface area (Å²) in [4.78, 5) is 40.8. The normalized spacial score (nSPS) is 10.9. The van der Waals surface area contributed by atoms with E-state index in [0.29, 0.717) is 10.3 Å². The van der Waals surface area contributed by atoms with E-state index in [-0.39, 0.29) is 29.0 Å². The molecule has 29 heavy (non-hydrogen) atoms. The summed E-state index contributed by atoms with van der Waals surface area (Å²) in [6, 6.07) is 11.6. The molecule has 0 aliphatic heterocycles. The molecule has 0 atom stereocenters. The molecule has 0 saturated carbocycles. The standard InChI is InChI=1S/C19H13N5O5/c25-18-16-5-2-8-20-17(16)23(14-3-1-4-15(11-14)24(28)29)19(26)22(18)12-13-6-9-21(27)10-7-13/h1-11H,12H2. The second-order valence-corrected chi connectivity index (χ2v) is 6.23. The molecule has 10 heteroatoms. The first-order chi connectivity index (χ1) is 14.0. The zero-order valence-corrected chi connectivity index (χ0v) is 14.8. The van der Waals surface area contributed by atoms with E-state index in [1.54, 1.807) is 6.07 Å². The molecule has 3 heterocycles. The van der Waals surface area contributed by atoms with Gasteiger partial charge in [0.05, 0.1) is 22.5 Å². The summed E-state index contributed by atoms with van der Waals surface area (Å²) in [6.07, 6.45) is 3.97. The number of aromatic nitrogens is 4. The molecule has 0 fully saturated rings. The van der Waals surface area contributed by atoms with Crippen LogP contribution in [0.4, 0.5) is 5.69 Å². The van der Waals surface area contributed by atoms with Gasteiger partial charge in [0.25, 0.3) is 11.2 Å². The Morgan fingerprint density at radius 2 is 1.83 bits per heavy atom. The fourth-order valence-corrected chi connectivity index (χ4v) is 3.04. The molecule has 0 amide bonds. The first kappa shape index (κ1) is 18.0. The van der Waals surface area contributed by atoms with Gasteiger partial charge in [-0.25, -0.2) is 14.3 Å². The van der Waals surface area contributed by atoms with Crippen LogP contribution in [-0.2, 0) is 6.54 Å². The van der Waals surface area contributed by atoms with E-state index in [9.17, 15) is 24.9 Å². The molecule has 0 radical (unpaired) electrons. The Morgan fingerprint density at radius 1 is 1.07 bits per heavy atom. The third kappa shape index (κ3) is 3.23. The molecule has 10 nitrogen and oxygen atoms in total. The third-order valence-electron chi connectivity index (χ3n) is 4.41. The number of hydrogen-bond acceptors (Lipinski definition) is 6. The van der Waals surface area contributed by atoms with Crippen molar-refractivity contribution in [3.63, 3.8) is 0 Å². The van der Waals surface area contributed by atoms with Crippen molar-refractivity contribution in [3.8, 4) is 5.69 Å². The molecule has 4 rings (SSSR count). The molecular formula is C19H13N5O5. The lowest BCUT2D eigenvalue weighted by Crippen LogP contribution is -2.40. The predicted octanol–water partition coefficient (Wildman–Crippen LogP) is 1.14. The summed E-state index contributed by atoms with van der Waals surface area (Å²) < 4.78 is 2.77. The Kier molecular flexibility index (Phi) is 4.36. The second-order valence-electron chi connectivity index (χ2n) is 6.23. The van der Waals surface area contributed by atoms with E-state index >= 15 is 0 Å². The lowest BCUT2D eigenvalue weighted by Gasteiger charge is -2.13. The highest BCUT2D eigenvalue weighted by Gasteiger charge is 2.17. The lowest BCUT2D eigenvalue weighted by atomic mass is 10.2. The number of nitro benzene ring substituents is 1. The van der Waals surface area contributed by atoms with Crippen molar-refractivity contribution in [1.82, 2.24) is 14.1 Å². The zero-order chi connectivity index (χ0) is 20.5. The number of nitro groups is 1. The number of hydrogen-bond donors (Lipinski definition) is 0. The molecule has 0 bridgehead atoms. The van der Waals surface area contributed by atoms with Crippen LogP contribution >= 0.6 is 0 Å². The van der Waals surface area contributed by atoms with Gasteiger partial charge >= 0.3 is 5.69 Å². The Hall–Kier alpha value is -4.34. The number of fused-ring (bicyclic) bond motifs is 1. The van der Waals surface area contributed by atoms with Crippen LogP contribution in [0.15, 0.2) is 76.7 Å². The molecular weight excluding hydrogens is 378 g/mol. The average Bonchev–Trinajstić information content (AvgIpc) is 2.73. The molecule has 1 aromatic carbocycles. The van der Waals surface area contributed by atoms with Gasteiger partial charge in [0.2, 0.25) is 0 Å². The average molecular weight is 391 g/mol. The highest BCUT2D eigenvalue weighted by molar-refractivity contribution is 5.75. The highest BCUT2D eigenvalue weighted by atomic mass is 16.6. The van der Waals surface area contributed by atoms with Gasteiger partial charge in [-0.3, -0.25) is 19.5 Å². The van der Waals surface area contributed by atoms with Crippen LogP contribution in [-0.4, -0.2) is 19.0 Å². The molecule has 0 N–H and O–H groups in total. The first-order valence-electron chi connectivity index (χ1n) is 8.49. The summed E-state index contributed by atoms with van der Waals surface area (Å²) in [5.41, 5.74) is -0.541. The first-order valence-corrected chi connectivity index (χ1v) is 8.49. The van der Waals surface area contributed by atoms with Crippen molar-refractivity contribution in [2.75, 3.05) is 0 Å². The smallest absolute Gasteiger partial charge is 0.337 e. The second kappa shape index (κ2) is 7.00. The maximum Gasteiger partial charge on any atom is 0.337 e. The van der Waals surface area contributed by atoms with Crippen LogP contribution in [0.25, 0.3) is 16.7 Å². The molecule has 3 aromatic heterocycles. The van der Waals surface area contributed by atoms with Crippen molar-refractivity contribution >= 4 is 16.7 Å². The Bertz CT molecular complexity index is 1360. The Labute approximate surface area is 162 Å². The number of benzene rings is 1. The van der Waals surface area contributed by atoms with E-state index < -0.39 is 16.2 Å². The minimum atomic E-state index is -0.694.